The highest BCUT2D eigenvalue weighted by Crippen LogP contribution is 2.38. The molecular formula is C17H24BNO4. The highest BCUT2D eigenvalue weighted by Gasteiger charge is 2.52. The number of amides is 1. The SMILES string of the molecule is COc1ccc(B2OC(C)(C)C(C)(C)O2)c(N2CCCC2=O)c1. The van der Waals surface area contributed by atoms with Gasteiger partial charge in [0.1, 0.15) is 5.75 Å². The van der Waals surface area contributed by atoms with Crippen LogP contribution in [0.15, 0.2) is 18.2 Å². The van der Waals surface area contributed by atoms with Gasteiger partial charge >= 0.3 is 7.12 Å². The summed E-state index contributed by atoms with van der Waals surface area (Å²) in [5.41, 5.74) is 0.873. The van der Waals surface area contributed by atoms with Gasteiger partial charge in [0, 0.05) is 30.2 Å². The minimum absolute atomic E-state index is 0.135. The topological polar surface area (TPSA) is 48.0 Å². The number of rotatable bonds is 3. The number of hydrogen-bond acceptors (Lipinski definition) is 4. The van der Waals surface area contributed by atoms with Gasteiger partial charge in [-0.3, -0.25) is 4.79 Å². The van der Waals surface area contributed by atoms with Gasteiger partial charge in [-0.25, -0.2) is 0 Å². The minimum atomic E-state index is -0.491. The van der Waals surface area contributed by atoms with Crippen LogP contribution in [0.4, 0.5) is 5.69 Å². The zero-order valence-electron chi connectivity index (χ0n) is 14.5. The van der Waals surface area contributed by atoms with Crippen LogP contribution in [0.25, 0.3) is 0 Å². The van der Waals surface area contributed by atoms with Gasteiger partial charge in [0.05, 0.1) is 18.3 Å². The maximum atomic E-state index is 12.2. The number of carbonyl (C=O) groups is 1. The second kappa shape index (κ2) is 5.53. The highest BCUT2D eigenvalue weighted by atomic mass is 16.7. The van der Waals surface area contributed by atoms with E-state index in [0.717, 1.165) is 29.9 Å². The van der Waals surface area contributed by atoms with Gasteiger partial charge in [0.25, 0.3) is 0 Å². The summed E-state index contributed by atoms with van der Waals surface area (Å²) in [4.78, 5) is 14.0. The Bertz CT molecular complexity index is 613. The predicted octanol–water partition coefficient (Wildman–Crippen LogP) is 2.12. The first-order valence-corrected chi connectivity index (χ1v) is 8.09. The number of carbonyl (C=O) groups excluding carboxylic acids is 1. The molecule has 1 aromatic rings. The van der Waals surface area contributed by atoms with E-state index in [-0.39, 0.29) is 5.91 Å². The van der Waals surface area contributed by atoms with Crippen LogP contribution < -0.4 is 15.1 Å². The fourth-order valence-corrected chi connectivity index (χ4v) is 2.96. The smallest absolute Gasteiger partial charge is 0.496 e. The zero-order chi connectivity index (χ0) is 16.8. The first kappa shape index (κ1) is 16.3. The molecule has 0 radical (unpaired) electrons. The lowest BCUT2D eigenvalue weighted by Crippen LogP contribution is -2.41. The molecule has 0 unspecified atom stereocenters. The molecule has 2 heterocycles. The fraction of sp³-hybridized carbons (Fsp3) is 0.588. The molecule has 6 heteroatoms. The number of hydrogen-bond donors (Lipinski definition) is 0. The Morgan fingerprint density at radius 3 is 2.35 bits per heavy atom. The molecule has 2 fully saturated rings. The average Bonchev–Trinajstić information content (AvgIpc) is 2.99. The summed E-state index contributed by atoms with van der Waals surface area (Å²) >= 11 is 0. The average molecular weight is 317 g/mol. The van der Waals surface area contributed by atoms with E-state index < -0.39 is 18.3 Å². The quantitative estimate of drug-likeness (QED) is 0.801. The number of nitrogens with zero attached hydrogens (tertiary/aromatic N) is 1. The van der Waals surface area contributed by atoms with E-state index in [9.17, 15) is 4.79 Å². The summed E-state index contributed by atoms with van der Waals surface area (Å²) in [6.07, 6.45) is 1.46. The van der Waals surface area contributed by atoms with Crippen molar-refractivity contribution in [2.45, 2.75) is 51.7 Å². The maximum Gasteiger partial charge on any atom is 0.496 e. The molecule has 5 nitrogen and oxygen atoms in total. The molecule has 0 aromatic heterocycles. The summed E-state index contributed by atoms with van der Waals surface area (Å²) in [5.74, 6) is 0.857. The molecule has 3 rings (SSSR count). The minimum Gasteiger partial charge on any atom is -0.497 e. The van der Waals surface area contributed by atoms with E-state index in [2.05, 4.69) is 0 Å². The Kier molecular flexibility index (Phi) is 3.93. The van der Waals surface area contributed by atoms with E-state index in [1.807, 2.05) is 50.8 Å². The van der Waals surface area contributed by atoms with E-state index >= 15 is 0 Å². The molecule has 0 aliphatic carbocycles. The Morgan fingerprint density at radius 2 is 1.83 bits per heavy atom. The Morgan fingerprint density at radius 1 is 1.17 bits per heavy atom. The van der Waals surface area contributed by atoms with Gasteiger partial charge in [-0.15, -0.1) is 0 Å². The fourth-order valence-electron chi connectivity index (χ4n) is 2.96. The van der Waals surface area contributed by atoms with Crippen molar-refractivity contribution in [3.8, 4) is 5.75 Å². The van der Waals surface area contributed by atoms with Crippen LogP contribution in [0.1, 0.15) is 40.5 Å². The third-order valence-corrected chi connectivity index (χ3v) is 5.11. The Labute approximate surface area is 138 Å². The molecule has 2 aliphatic heterocycles. The maximum absolute atomic E-state index is 12.2. The molecule has 1 aromatic carbocycles. The van der Waals surface area contributed by atoms with E-state index in [4.69, 9.17) is 14.0 Å². The molecule has 0 saturated carbocycles. The van der Waals surface area contributed by atoms with Crippen LogP contribution in [-0.4, -0.2) is 37.9 Å². The van der Waals surface area contributed by atoms with Crippen molar-refractivity contribution in [1.82, 2.24) is 0 Å². The van der Waals surface area contributed by atoms with Gasteiger partial charge in [-0.1, -0.05) is 6.07 Å². The first-order chi connectivity index (χ1) is 10.7. The lowest BCUT2D eigenvalue weighted by molar-refractivity contribution is -0.117. The second-order valence-electron chi connectivity index (χ2n) is 7.16. The van der Waals surface area contributed by atoms with Crippen LogP contribution in [0.3, 0.4) is 0 Å². The predicted molar refractivity (Wildman–Crippen MR) is 90.3 cm³/mol. The van der Waals surface area contributed by atoms with Gasteiger partial charge in [-0.05, 0) is 40.2 Å². The Balaban J connectivity index is 2.01. The molecule has 2 saturated heterocycles. The summed E-state index contributed by atoms with van der Waals surface area (Å²) in [6, 6.07) is 5.70. The molecular weight excluding hydrogens is 293 g/mol. The molecule has 0 bridgehead atoms. The van der Waals surface area contributed by atoms with Gasteiger partial charge < -0.3 is 18.9 Å². The van der Waals surface area contributed by atoms with Crippen molar-refractivity contribution in [3.05, 3.63) is 18.2 Å². The summed E-state index contributed by atoms with van der Waals surface area (Å²) in [7, 11) is 1.13. The van der Waals surface area contributed by atoms with Gasteiger partial charge in [0.2, 0.25) is 5.91 Å². The van der Waals surface area contributed by atoms with E-state index in [1.54, 1.807) is 7.11 Å². The standard InChI is InChI=1S/C17H24BNO4/c1-16(2)17(3,4)23-18(22-16)13-9-8-12(21-5)11-14(13)19-10-6-7-15(19)20/h8-9,11H,6-7,10H2,1-5H3. The van der Waals surface area contributed by atoms with Crippen molar-refractivity contribution in [3.63, 3.8) is 0 Å². The molecule has 1 amide bonds. The number of ether oxygens (including phenoxy) is 1. The van der Waals surface area contributed by atoms with E-state index in [0.29, 0.717) is 6.42 Å². The van der Waals surface area contributed by atoms with Crippen LogP contribution in [0, 0.1) is 0 Å². The number of anilines is 1. The molecule has 0 atom stereocenters. The summed E-state index contributed by atoms with van der Waals surface area (Å²) in [5, 5.41) is 0. The highest BCUT2D eigenvalue weighted by molar-refractivity contribution is 6.64. The zero-order valence-corrected chi connectivity index (χ0v) is 14.5. The van der Waals surface area contributed by atoms with Crippen molar-refractivity contribution in [1.29, 1.82) is 0 Å². The second-order valence-corrected chi connectivity index (χ2v) is 7.16. The van der Waals surface area contributed by atoms with Crippen molar-refractivity contribution in [2.75, 3.05) is 18.6 Å². The van der Waals surface area contributed by atoms with E-state index in [1.165, 1.54) is 0 Å². The van der Waals surface area contributed by atoms with Crippen LogP contribution in [0.5, 0.6) is 5.75 Å². The Hall–Kier alpha value is -1.53. The first-order valence-electron chi connectivity index (χ1n) is 8.09. The lowest BCUT2D eigenvalue weighted by atomic mass is 9.77. The monoisotopic (exact) mass is 317 g/mol. The van der Waals surface area contributed by atoms with Gasteiger partial charge in [0.15, 0.2) is 0 Å². The normalized spacial score (nSPS) is 22.7. The van der Waals surface area contributed by atoms with Crippen molar-refractivity contribution in [2.24, 2.45) is 0 Å². The molecule has 2 aliphatic rings. The molecule has 0 N–H and O–H groups in total. The van der Waals surface area contributed by atoms with Crippen LogP contribution in [0.2, 0.25) is 0 Å². The summed E-state index contributed by atoms with van der Waals surface area (Å²) < 4.78 is 17.6. The molecule has 124 valence electrons. The molecule has 23 heavy (non-hydrogen) atoms. The lowest BCUT2D eigenvalue weighted by Gasteiger charge is -2.32. The third kappa shape index (κ3) is 2.74. The number of methoxy groups -OCH3 is 1. The largest absolute Gasteiger partial charge is 0.497 e. The van der Waals surface area contributed by atoms with Crippen LogP contribution >= 0.6 is 0 Å². The number of benzene rings is 1. The molecule has 0 spiro atoms. The summed E-state index contributed by atoms with van der Waals surface area (Å²) in [6.45, 7) is 8.82. The van der Waals surface area contributed by atoms with Gasteiger partial charge in [-0.2, -0.15) is 0 Å². The van der Waals surface area contributed by atoms with Crippen molar-refractivity contribution < 1.29 is 18.8 Å². The van der Waals surface area contributed by atoms with Crippen molar-refractivity contribution >= 4 is 24.2 Å². The van der Waals surface area contributed by atoms with Crippen LogP contribution in [-0.2, 0) is 14.1 Å². The third-order valence-electron chi connectivity index (χ3n) is 5.11.